The largest absolute Gasteiger partial charge is 0.506 e. The first-order valence-electron chi connectivity index (χ1n) is 11.1. The summed E-state index contributed by atoms with van der Waals surface area (Å²) in [6.45, 7) is 1.88. The molecule has 0 aliphatic rings. The number of rotatable bonds is 5. The van der Waals surface area contributed by atoms with E-state index in [1.165, 1.54) is 12.4 Å². The number of benzene rings is 2. The van der Waals surface area contributed by atoms with Crippen molar-refractivity contribution in [3.8, 4) is 28.6 Å². The molecular weight excluding hydrogens is 454 g/mol. The molecule has 0 aliphatic carbocycles. The molecule has 5 rings (SSSR count). The molecule has 36 heavy (non-hydrogen) atoms. The maximum atomic E-state index is 14.1. The number of para-hydroxylation sites is 1. The number of aromatic nitrogens is 4. The molecule has 0 spiro atoms. The highest BCUT2D eigenvalue weighted by atomic mass is 16.3. The van der Waals surface area contributed by atoms with E-state index in [0.717, 1.165) is 5.39 Å². The van der Waals surface area contributed by atoms with Crippen molar-refractivity contribution in [1.82, 2.24) is 19.5 Å². The zero-order chi connectivity index (χ0) is 25.2. The number of nitrogens with one attached hydrogen (secondary N) is 1. The lowest BCUT2D eigenvalue weighted by atomic mass is 9.98. The number of nitrogens with two attached hydrogens (primary N) is 1. The molecule has 0 amide bonds. The van der Waals surface area contributed by atoms with Crippen molar-refractivity contribution >= 4 is 22.5 Å². The summed E-state index contributed by atoms with van der Waals surface area (Å²) in [4.78, 5) is 26.2. The number of pyridine rings is 2. The molecule has 4 N–H and O–H groups in total. The topological polar surface area (TPSA) is 143 Å². The molecule has 0 fully saturated rings. The van der Waals surface area contributed by atoms with Gasteiger partial charge in [-0.1, -0.05) is 36.4 Å². The summed E-state index contributed by atoms with van der Waals surface area (Å²) in [5.74, 6) is 0.330. The predicted molar refractivity (Wildman–Crippen MR) is 138 cm³/mol. The SMILES string of the molecule is CC(Nc1nc(N)ncc1C#N)c1cc2cccc(-c3cncc(O)c3)c2c(=O)n1-c1ccccc1. The lowest BCUT2D eigenvalue weighted by Crippen LogP contribution is -2.26. The van der Waals surface area contributed by atoms with E-state index in [2.05, 4.69) is 26.3 Å². The summed E-state index contributed by atoms with van der Waals surface area (Å²) >= 11 is 0. The molecule has 0 bridgehead atoms. The molecule has 2 aromatic carbocycles. The van der Waals surface area contributed by atoms with Crippen molar-refractivity contribution in [3.05, 3.63) is 101 Å². The van der Waals surface area contributed by atoms with E-state index in [9.17, 15) is 15.2 Å². The van der Waals surface area contributed by atoms with Crippen LogP contribution in [0, 0.1) is 11.3 Å². The molecular formula is C27H21N7O2. The van der Waals surface area contributed by atoms with Crippen LogP contribution < -0.4 is 16.6 Å². The molecule has 5 aromatic rings. The number of nitriles is 1. The first-order chi connectivity index (χ1) is 17.5. The fraction of sp³-hybridized carbons (Fsp3) is 0.0741. The van der Waals surface area contributed by atoms with Crippen LogP contribution in [0.2, 0.25) is 0 Å². The summed E-state index contributed by atoms with van der Waals surface area (Å²) in [6.07, 6.45) is 4.32. The first-order valence-corrected chi connectivity index (χ1v) is 11.1. The lowest BCUT2D eigenvalue weighted by molar-refractivity contribution is 0.473. The second-order valence-corrected chi connectivity index (χ2v) is 8.22. The van der Waals surface area contributed by atoms with Gasteiger partial charge in [-0.3, -0.25) is 14.3 Å². The van der Waals surface area contributed by atoms with Crippen LogP contribution >= 0.6 is 0 Å². The number of hydrogen-bond donors (Lipinski definition) is 3. The molecule has 3 aromatic heterocycles. The van der Waals surface area contributed by atoms with Gasteiger partial charge in [-0.05, 0) is 42.1 Å². The van der Waals surface area contributed by atoms with Crippen LogP contribution in [0.4, 0.5) is 11.8 Å². The van der Waals surface area contributed by atoms with Crippen molar-refractivity contribution in [3.63, 3.8) is 0 Å². The Hall–Kier alpha value is -5.23. The maximum absolute atomic E-state index is 14.1. The van der Waals surface area contributed by atoms with Gasteiger partial charge < -0.3 is 16.2 Å². The highest BCUT2D eigenvalue weighted by molar-refractivity contribution is 5.96. The minimum atomic E-state index is -0.435. The summed E-state index contributed by atoms with van der Waals surface area (Å²) in [5, 5.41) is 23.9. The number of hydrogen-bond acceptors (Lipinski definition) is 8. The number of fused-ring (bicyclic) bond motifs is 1. The minimum absolute atomic E-state index is 0.0137. The predicted octanol–water partition coefficient (Wildman–Crippen LogP) is 4.18. The van der Waals surface area contributed by atoms with Crippen molar-refractivity contribution < 1.29 is 5.11 Å². The Morgan fingerprint density at radius 3 is 2.64 bits per heavy atom. The van der Waals surface area contributed by atoms with Gasteiger partial charge in [0.25, 0.3) is 5.56 Å². The number of nitrogens with zero attached hydrogens (tertiary/aromatic N) is 5. The van der Waals surface area contributed by atoms with E-state index >= 15 is 0 Å². The van der Waals surface area contributed by atoms with Crippen LogP contribution in [-0.2, 0) is 0 Å². The van der Waals surface area contributed by atoms with Gasteiger partial charge in [0, 0.05) is 23.1 Å². The third-order valence-corrected chi connectivity index (χ3v) is 5.85. The fourth-order valence-electron chi connectivity index (χ4n) is 4.23. The summed E-state index contributed by atoms with van der Waals surface area (Å²) in [6, 6.07) is 20.0. The molecule has 176 valence electrons. The fourth-order valence-corrected chi connectivity index (χ4v) is 4.23. The minimum Gasteiger partial charge on any atom is -0.506 e. The van der Waals surface area contributed by atoms with E-state index < -0.39 is 6.04 Å². The van der Waals surface area contributed by atoms with Crippen LogP contribution in [-0.4, -0.2) is 24.6 Å². The van der Waals surface area contributed by atoms with Crippen molar-refractivity contribution in [2.24, 2.45) is 0 Å². The number of anilines is 2. The highest BCUT2D eigenvalue weighted by Gasteiger charge is 2.20. The van der Waals surface area contributed by atoms with Gasteiger partial charge in [-0.2, -0.15) is 10.2 Å². The van der Waals surface area contributed by atoms with E-state index in [1.54, 1.807) is 16.8 Å². The average Bonchev–Trinajstić information content (AvgIpc) is 2.89. The normalized spacial score (nSPS) is 11.7. The monoisotopic (exact) mass is 475 g/mol. The average molecular weight is 476 g/mol. The third kappa shape index (κ3) is 4.08. The van der Waals surface area contributed by atoms with Gasteiger partial charge in [0.05, 0.1) is 23.8 Å². The molecule has 0 saturated heterocycles. The van der Waals surface area contributed by atoms with Gasteiger partial charge in [0.15, 0.2) is 0 Å². The van der Waals surface area contributed by atoms with Gasteiger partial charge >= 0.3 is 0 Å². The summed E-state index contributed by atoms with van der Waals surface area (Å²) in [7, 11) is 0. The Kier molecular flexibility index (Phi) is 5.76. The molecule has 0 aliphatic heterocycles. The molecule has 1 atom stereocenters. The van der Waals surface area contributed by atoms with Gasteiger partial charge in [-0.25, -0.2) is 4.98 Å². The zero-order valence-electron chi connectivity index (χ0n) is 19.3. The standard InChI is InChI=1S/C27H21N7O2/c1-16(32-25-19(12-28)14-31-27(29)33-25)23-11-17-6-5-9-22(18-10-21(35)15-30-13-18)24(17)26(36)34(23)20-7-3-2-4-8-20/h2-11,13-16,35H,1H3,(H3,29,31,32,33). The van der Waals surface area contributed by atoms with Crippen LogP contribution in [0.1, 0.15) is 24.2 Å². The zero-order valence-corrected chi connectivity index (χ0v) is 19.3. The molecule has 9 nitrogen and oxygen atoms in total. The van der Waals surface area contributed by atoms with E-state index in [1.807, 2.05) is 61.5 Å². The van der Waals surface area contributed by atoms with E-state index in [-0.39, 0.29) is 28.6 Å². The Labute approximate surface area is 206 Å². The van der Waals surface area contributed by atoms with Gasteiger partial charge in [0.2, 0.25) is 5.95 Å². The van der Waals surface area contributed by atoms with E-state index in [0.29, 0.717) is 27.9 Å². The third-order valence-electron chi connectivity index (χ3n) is 5.85. The molecule has 9 heteroatoms. The quantitative estimate of drug-likeness (QED) is 0.344. The number of nitrogen functional groups attached to an aromatic ring is 1. The van der Waals surface area contributed by atoms with Crippen LogP contribution in [0.3, 0.4) is 0 Å². The van der Waals surface area contributed by atoms with E-state index in [4.69, 9.17) is 5.73 Å². The number of aromatic hydroxyl groups is 1. The highest BCUT2D eigenvalue weighted by Crippen LogP contribution is 2.31. The Bertz CT molecular complexity index is 1690. The first kappa shape index (κ1) is 22.6. The van der Waals surface area contributed by atoms with Gasteiger partial charge in [-0.15, -0.1) is 0 Å². The Morgan fingerprint density at radius 2 is 1.89 bits per heavy atom. The maximum Gasteiger partial charge on any atom is 0.263 e. The van der Waals surface area contributed by atoms with Crippen LogP contribution in [0.15, 0.2) is 84.0 Å². The van der Waals surface area contributed by atoms with Gasteiger partial charge in [0.1, 0.15) is 23.2 Å². The lowest BCUT2D eigenvalue weighted by Gasteiger charge is -2.22. The second-order valence-electron chi connectivity index (χ2n) is 8.22. The van der Waals surface area contributed by atoms with Crippen molar-refractivity contribution in [2.45, 2.75) is 13.0 Å². The molecule has 3 heterocycles. The molecule has 0 saturated carbocycles. The molecule has 0 radical (unpaired) electrons. The van der Waals surface area contributed by atoms with Crippen molar-refractivity contribution in [2.75, 3.05) is 11.1 Å². The van der Waals surface area contributed by atoms with Crippen molar-refractivity contribution in [1.29, 1.82) is 5.26 Å². The van der Waals surface area contributed by atoms with Crippen LogP contribution in [0.5, 0.6) is 5.75 Å². The Morgan fingerprint density at radius 1 is 1.08 bits per heavy atom. The smallest absolute Gasteiger partial charge is 0.263 e. The Balaban J connectivity index is 1.75. The molecule has 1 unspecified atom stereocenters. The van der Waals surface area contributed by atoms with Crippen LogP contribution in [0.25, 0.3) is 27.6 Å². The summed E-state index contributed by atoms with van der Waals surface area (Å²) < 4.78 is 1.64. The summed E-state index contributed by atoms with van der Waals surface area (Å²) in [5.41, 5.74) is 8.39. The second kappa shape index (κ2) is 9.19.